The molecule has 2 heterocycles. The van der Waals surface area contributed by atoms with Crippen molar-refractivity contribution >= 4 is 5.91 Å². The number of likely N-dealkylation sites (N-methyl/N-ethyl adjacent to an activating group) is 1. The third kappa shape index (κ3) is 3.26. The first-order valence-electron chi connectivity index (χ1n) is 6.95. The molecule has 0 unspecified atom stereocenters. The number of fused-ring (bicyclic) bond motifs is 1. The molecule has 1 aliphatic heterocycles. The molecule has 1 aromatic rings. The Kier molecular flexibility index (Phi) is 4.79. The fourth-order valence-electron chi connectivity index (χ4n) is 2.19. The van der Waals surface area contributed by atoms with Gasteiger partial charge in [-0.05, 0) is 13.1 Å². The van der Waals surface area contributed by atoms with E-state index in [0.29, 0.717) is 24.6 Å². The van der Waals surface area contributed by atoms with Gasteiger partial charge < -0.3 is 15.0 Å². The van der Waals surface area contributed by atoms with E-state index in [-0.39, 0.29) is 5.91 Å². The van der Waals surface area contributed by atoms with Crippen LogP contribution in [-0.2, 0) is 6.54 Å². The lowest BCUT2D eigenvalue weighted by Gasteiger charge is -2.18. The van der Waals surface area contributed by atoms with E-state index >= 15 is 0 Å². The largest absolute Gasteiger partial charge is 0.477 e. The quantitative estimate of drug-likeness (QED) is 0.825. The molecule has 0 radical (unpaired) electrons. The molecule has 0 bridgehead atoms. The first-order chi connectivity index (χ1) is 9.26. The molecular formula is C13H22N4O2. The van der Waals surface area contributed by atoms with Gasteiger partial charge >= 0.3 is 0 Å². The summed E-state index contributed by atoms with van der Waals surface area (Å²) in [7, 11) is 0. The Balaban J connectivity index is 1.88. The van der Waals surface area contributed by atoms with Crippen LogP contribution in [-0.4, -0.2) is 53.4 Å². The number of carbonyl (C=O) groups excluding carboxylic acids is 1. The SMILES string of the molecule is CCN(CC)CCNC(=O)c1cnn2c1OCCC2. The van der Waals surface area contributed by atoms with Gasteiger partial charge in [-0.25, -0.2) is 4.68 Å². The molecule has 0 aliphatic carbocycles. The van der Waals surface area contributed by atoms with Crippen LogP contribution in [0.1, 0.15) is 30.6 Å². The van der Waals surface area contributed by atoms with Crippen LogP contribution in [0.25, 0.3) is 0 Å². The highest BCUT2D eigenvalue weighted by Gasteiger charge is 2.21. The van der Waals surface area contributed by atoms with E-state index in [0.717, 1.165) is 32.6 Å². The summed E-state index contributed by atoms with van der Waals surface area (Å²) < 4.78 is 7.27. The molecule has 0 spiro atoms. The summed E-state index contributed by atoms with van der Waals surface area (Å²) in [6.07, 6.45) is 2.53. The van der Waals surface area contributed by atoms with Crippen LogP contribution in [0.5, 0.6) is 5.88 Å². The number of nitrogens with one attached hydrogen (secondary N) is 1. The summed E-state index contributed by atoms with van der Waals surface area (Å²) in [6, 6.07) is 0. The average molecular weight is 266 g/mol. The van der Waals surface area contributed by atoms with Gasteiger partial charge in [0.2, 0.25) is 5.88 Å². The molecule has 1 N–H and O–H groups in total. The molecule has 0 fully saturated rings. The Morgan fingerprint density at radius 3 is 3.05 bits per heavy atom. The van der Waals surface area contributed by atoms with E-state index in [2.05, 4.69) is 29.2 Å². The van der Waals surface area contributed by atoms with Gasteiger partial charge in [0, 0.05) is 26.1 Å². The number of aromatic nitrogens is 2. The van der Waals surface area contributed by atoms with Crippen LogP contribution in [0, 0.1) is 0 Å². The molecular weight excluding hydrogens is 244 g/mol. The number of aryl methyl sites for hydroxylation is 1. The van der Waals surface area contributed by atoms with Gasteiger partial charge in [0.1, 0.15) is 5.56 Å². The monoisotopic (exact) mass is 266 g/mol. The number of nitrogens with zero attached hydrogens (tertiary/aromatic N) is 3. The van der Waals surface area contributed by atoms with E-state index in [1.54, 1.807) is 10.9 Å². The lowest BCUT2D eigenvalue weighted by Crippen LogP contribution is -2.35. The van der Waals surface area contributed by atoms with Gasteiger partial charge in [0.15, 0.2) is 0 Å². The van der Waals surface area contributed by atoms with Gasteiger partial charge in [-0.15, -0.1) is 0 Å². The molecule has 0 saturated carbocycles. The summed E-state index contributed by atoms with van der Waals surface area (Å²) in [6.45, 7) is 9.22. The standard InChI is InChI=1S/C13H22N4O2/c1-3-16(4-2)8-6-14-12(18)11-10-15-17-7-5-9-19-13(11)17/h10H,3-9H2,1-2H3,(H,14,18). The van der Waals surface area contributed by atoms with Crippen LogP contribution in [0.4, 0.5) is 0 Å². The molecule has 0 aromatic carbocycles. The Morgan fingerprint density at radius 2 is 2.32 bits per heavy atom. The number of hydrogen-bond donors (Lipinski definition) is 1. The predicted molar refractivity (Wildman–Crippen MR) is 72.5 cm³/mol. The van der Waals surface area contributed by atoms with Crippen molar-refractivity contribution in [2.75, 3.05) is 32.8 Å². The highest BCUT2D eigenvalue weighted by Crippen LogP contribution is 2.21. The predicted octanol–water partition coefficient (Wildman–Crippen LogP) is 0.737. The summed E-state index contributed by atoms with van der Waals surface area (Å²) in [5.74, 6) is 0.502. The maximum absolute atomic E-state index is 12.1. The fourth-order valence-corrected chi connectivity index (χ4v) is 2.19. The fraction of sp³-hybridized carbons (Fsp3) is 0.692. The van der Waals surface area contributed by atoms with Crippen molar-refractivity contribution in [1.82, 2.24) is 20.0 Å². The van der Waals surface area contributed by atoms with Crippen molar-refractivity contribution in [3.05, 3.63) is 11.8 Å². The first kappa shape index (κ1) is 13.9. The topological polar surface area (TPSA) is 59.4 Å². The molecule has 0 saturated heterocycles. The normalized spacial score (nSPS) is 14.1. The zero-order valence-corrected chi connectivity index (χ0v) is 11.7. The molecule has 1 aromatic heterocycles. The zero-order chi connectivity index (χ0) is 13.7. The van der Waals surface area contributed by atoms with E-state index in [4.69, 9.17) is 4.74 Å². The first-order valence-corrected chi connectivity index (χ1v) is 6.95. The molecule has 0 atom stereocenters. The number of hydrogen-bond acceptors (Lipinski definition) is 4. The van der Waals surface area contributed by atoms with Crippen LogP contribution < -0.4 is 10.1 Å². The zero-order valence-electron chi connectivity index (χ0n) is 11.7. The van der Waals surface area contributed by atoms with Gasteiger partial charge in [0.25, 0.3) is 5.91 Å². The molecule has 2 rings (SSSR count). The van der Waals surface area contributed by atoms with Crippen molar-refractivity contribution in [3.8, 4) is 5.88 Å². The van der Waals surface area contributed by atoms with E-state index in [1.807, 2.05) is 0 Å². The molecule has 6 nitrogen and oxygen atoms in total. The van der Waals surface area contributed by atoms with Gasteiger partial charge in [-0.3, -0.25) is 4.79 Å². The Bertz CT molecular complexity index is 426. The van der Waals surface area contributed by atoms with Gasteiger partial charge in [-0.1, -0.05) is 13.8 Å². The van der Waals surface area contributed by atoms with Crippen LogP contribution >= 0.6 is 0 Å². The van der Waals surface area contributed by atoms with Crippen molar-refractivity contribution in [2.24, 2.45) is 0 Å². The minimum Gasteiger partial charge on any atom is -0.477 e. The van der Waals surface area contributed by atoms with Crippen LogP contribution in [0.2, 0.25) is 0 Å². The van der Waals surface area contributed by atoms with E-state index < -0.39 is 0 Å². The number of ether oxygens (including phenoxy) is 1. The third-order valence-electron chi connectivity index (χ3n) is 3.40. The van der Waals surface area contributed by atoms with Crippen molar-refractivity contribution in [2.45, 2.75) is 26.8 Å². The third-order valence-corrected chi connectivity index (χ3v) is 3.40. The molecule has 6 heteroatoms. The molecule has 19 heavy (non-hydrogen) atoms. The van der Waals surface area contributed by atoms with Gasteiger partial charge in [0.05, 0.1) is 12.8 Å². The average Bonchev–Trinajstić information content (AvgIpc) is 2.87. The molecule has 1 amide bonds. The maximum Gasteiger partial charge on any atom is 0.258 e. The van der Waals surface area contributed by atoms with Crippen molar-refractivity contribution < 1.29 is 9.53 Å². The second-order valence-electron chi connectivity index (χ2n) is 4.57. The maximum atomic E-state index is 12.1. The Labute approximate surface area is 113 Å². The number of rotatable bonds is 6. The van der Waals surface area contributed by atoms with Crippen LogP contribution in [0.15, 0.2) is 6.20 Å². The Hall–Kier alpha value is -1.56. The highest BCUT2D eigenvalue weighted by atomic mass is 16.5. The van der Waals surface area contributed by atoms with E-state index in [1.165, 1.54) is 0 Å². The lowest BCUT2D eigenvalue weighted by atomic mass is 10.3. The molecule has 1 aliphatic rings. The second kappa shape index (κ2) is 6.56. The summed E-state index contributed by atoms with van der Waals surface area (Å²) in [5.41, 5.74) is 0.541. The second-order valence-corrected chi connectivity index (χ2v) is 4.57. The smallest absolute Gasteiger partial charge is 0.258 e. The molecule has 106 valence electrons. The minimum atomic E-state index is -0.102. The minimum absolute atomic E-state index is 0.102. The van der Waals surface area contributed by atoms with Crippen molar-refractivity contribution in [1.29, 1.82) is 0 Å². The number of carbonyl (C=O) groups is 1. The summed E-state index contributed by atoms with van der Waals surface area (Å²) >= 11 is 0. The van der Waals surface area contributed by atoms with Crippen molar-refractivity contribution in [3.63, 3.8) is 0 Å². The Morgan fingerprint density at radius 1 is 1.53 bits per heavy atom. The highest BCUT2D eigenvalue weighted by molar-refractivity contribution is 5.96. The van der Waals surface area contributed by atoms with E-state index in [9.17, 15) is 4.79 Å². The van der Waals surface area contributed by atoms with Gasteiger partial charge in [-0.2, -0.15) is 5.10 Å². The van der Waals surface area contributed by atoms with Crippen LogP contribution in [0.3, 0.4) is 0 Å². The summed E-state index contributed by atoms with van der Waals surface area (Å²) in [5, 5.41) is 7.09. The number of amides is 1. The summed E-state index contributed by atoms with van der Waals surface area (Å²) in [4.78, 5) is 14.3. The lowest BCUT2D eigenvalue weighted by molar-refractivity contribution is 0.0942.